The number of benzene rings is 2. The summed E-state index contributed by atoms with van der Waals surface area (Å²) in [5.74, 6) is 0.560. The molecule has 0 aliphatic rings. The fourth-order valence-corrected chi connectivity index (χ4v) is 2.26. The lowest BCUT2D eigenvalue weighted by molar-refractivity contribution is 0.262. The van der Waals surface area contributed by atoms with Gasteiger partial charge in [-0.2, -0.15) is 0 Å². The van der Waals surface area contributed by atoms with E-state index in [4.69, 9.17) is 16.3 Å². The molecule has 4 nitrogen and oxygen atoms in total. The Morgan fingerprint density at radius 2 is 1.85 bits per heavy atom. The Balaban J connectivity index is 2.03. The summed E-state index contributed by atoms with van der Waals surface area (Å²) in [4.78, 5) is 11.8. The van der Waals surface area contributed by atoms with E-state index < -0.39 is 0 Å². The second-order valence-electron chi connectivity index (χ2n) is 3.94. The number of ether oxygens (including phenoxy) is 1. The molecule has 2 aromatic rings. The summed E-state index contributed by atoms with van der Waals surface area (Å²) < 4.78 is 5.94. The van der Waals surface area contributed by atoms with Crippen molar-refractivity contribution in [3.63, 3.8) is 0 Å². The number of rotatable bonds is 3. The summed E-state index contributed by atoms with van der Waals surface area (Å²) in [7, 11) is 1.54. The molecule has 0 saturated carbocycles. The van der Waals surface area contributed by atoms with Crippen LogP contribution in [0.3, 0.4) is 0 Å². The summed E-state index contributed by atoms with van der Waals surface area (Å²) in [6.45, 7) is 0. The SMILES string of the molecule is COc1ccc(NC(=O)Nc2cccc(Br)c2)cc1Cl. The minimum atomic E-state index is -0.343. The number of carbonyl (C=O) groups is 1. The first kappa shape index (κ1) is 14.7. The van der Waals surface area contributed by atoms with Crippen LogP contribution in [-0.4, -0.2) is 13.1 Å². The normalized spacial score (nSPS) is 9.95. The van der Waals surface area contributed by atoms with E-state index in [2.05, 4.69) is 26.6 Å². The Morgan fingerprint density at radius 1 is 1.15 bits per heavy atom. The Bertz CT molecular complexity index is 634. The third-order valence-electron chi connectivity index (χ3n) is 2.49. The van der Waals surface area contributed by atoms with Crippen LogP contribution in [0, 0.1) is 0 Å². The summed E-state index contributed by atoms with van der Waals surface area (Å²) >= 11 is 9.33. The van der Waals surface area contributed by atoms with Crippen molar-refractivity contribution in [3.05, 3.63) is 52.0 Å². The molecule has 0 spiro atoms. The van der Waals surface area contributed by atoms with E-state index in [9.17, 15) is 4.79 Å². The zero-order valence-electron chi connectivity index (χ0n) is 10.6. The number of hydrogen-bond donors (Lipinski definition) is 2. The summed E-state index contributed by atoms with van der Waals surface area (Å²) in [6.07, 6.45) is 0. The minimum absolute atomic E-state index is 0.343. The maximum atomic E-state index is 11.8. The van der Waals surface area contributed by atoms with Gasteiger partial charge in [0.2, 0.25) is 0 Å². The number of hydrogen-bond acceptors (Lipinski definition) is 2. The van der Waals surface area contributed by atoms with Gasteiger partial charge < -0.3 is 15.4 Å². The van der Waals surface area contributed by atoms with Gasteiger partial charge in [0.25, 0.3) is 0 Å². The minimum Gasteiger partial charge on any atom is -0.495 e. The number of urea groups is 1. The number of halogens is 2. The van der Waals surface area contributed by atoms with Crippen molar-refractivity contribution in [2.75, 3.05) is 17.7 Å². The molecule has 20 heavy (non-hydrogen) atoms. The van der Waals surface area contributed by atoms with E-state index in [0.29, 0.717) is 22.1 Å². The van der Waals surface area contributed by atoms with Gasteiger partial charge in [0.15, 0.2) is 0 Å². The summed E-state index contributed by atoms with van der Waals surface area (Å²) in [5, 5.41) is 5.86. The Hall–Kier alpha value is -1.72. The zero-order chi connectivity index (χ0) is 14.5. The standard InChI is InChI=1S/C14H12BrClN2O2/c1-20-13-6-5-11(8-12(13)16)18-14(19)17-10-4-2-3-9(15)7-10/h2-8H,1H3,(H2,17,18,19). The highest BCUT2D eigenvalue weighted by molar-refractivity contribution is 9.10. The molecule has 2 aromatic carbocycles. The number of methoxy groups -OCH3 is 1. The van der Waals surface area contributed by atoms with Crippen LogP contribution in [0.5, 0.6) is 5.75 Å². The Morgan fingerprint density at radius 3 is 2.45 bits per heavy atom. The van der Waals surface area contributed by atoms with Crippen LogP contribution in [0.15, 0.2) is 46.9 Å². The van der Waals surface area contributed by atoms with Crippen LogP contribution < -0.4 is 15.4 Å². The molecular weight excluding hydrogens is 344 g/mol. The summed E-state index contributed by atoms with van der Waals surface area (Å²) in [5.41, 5.74) is 1.28. The van der Waals surface area contributed by atoms with E-state index in [1.54, 1.807) is 30.3 Å². The fourth-order valence-electron chi connectivity index (χ4n) is 1.60. The van der Waals surface area contributed by atoms with Crippen molar-refractivity contribution in [1.29, 1.82) is 0 Å². The molecule has 0 fully saturated rings. The molecule has 0 aliphatic carbocycles. The number of amides is 2. The second-order valence-corrected chi connectivity index (χ2v) is 5.26. The first-order valence-corrected chi connectivity index (χ1v) is 6.92. The van der Waals surface area contributed by atoms with Crippen LogP contribution >= 0.6 is 27.5 Å². The highest BCUT2D eigenvalue weighted by Crippen LogP contribution is 2.27. The van der Waals surface area contributed by atoms with E-state index in [-0.39, 0.29) is 6.03 Å². The van der Waals surface area contributed by atoms with Crippen molar-refractivity contribution < 1.29 is 9.53 Å². The van der Waals surface area contributed by atoms with Crippen molar-refractivity contribution in [3.8, 4) is 5.75 Å². The number of nitrogens with one attached hydrogen (secondary N) is 2. The molecule has 0 bridgehead atoms. The molecule has 6 heteroatoms. The average Bonchev–Trinajstić information content (AvgIpc) is 2.38. The second kappa shape index (κ2) is 6.63. The van der Waals surface area contributed by atoms with Crippen LogP contribution in [0.4, 0.5) is 16.2 Å². The molecule has 2 rings (SSSR count). The Labute approximate surface area is 130 Å². The van der Waals surface area contributed by atoms with Gasteiger partial charge in [-0.15, -0.1) is 0 Å². The van der Waals surface area contributed by atoms with Crippen molar-refractivity contribution >= 4 is 44.9 Å². The maximum absolute atomic E-state index is 11.8. The van der Waals surface area contributed by atoms with E-state index in [1.807, 2.05) is 12.1 Å². The maximum Gasteiger partial charge on any atom is 0.323 e. The lowest BCUT2D eigenvalue weighted by Crippen LogP contribution is -2.19. The number of anilines is 2. The first-order valence-electron chi connectivity index (χ1n) is 5.75. The molecule has 0 aliphatic heterocycles. The predicted molar refractivity (Wildman–Crippen MR) is 84.8 cm³/mol. The molecule has 0 saturated heterocycles. The van der Waals surface area contributed by atoms with Crippen molar-refractivity contribution in [2.45, 2.75) is 0 Å². The first-order chi connectivity index (χ1) is 9.58. The molecule has 2 N–H and O–H groups in total. The topological polar surface area (TPSA) is 50.4 Å². The largest absolute Gasteiger partial charge is 0.495 e. The quantitative estimate of drug-likeness (QED) is 0.834. The van der Waals surface area contributed by atoms with Gasteiger partial charge >= 0.3 is 6.03 Å². The van der Waals surface area contributed by atoms with Crippen LogP contribution in [0.1, 0.15) is 0 Å². The third kappa shape index (κ3) is 3.88. The van der Waals surface area contributed by atoms with Crippen LogP contribution in [-0.2, 0) is 0 Å². The molecule has 104 valence electrons. The zero-order valence-corrected chi connectivity index (χ0v) is 13.0. The van der Waals surface area contributed by atoms with Gasteiger partial charge in [0, 0.05) is 15.8 Å². The van der Waals surface area contributed by atoms with Gasteiger partial charge in [-0.3, -0.25) is 0 Å². The van der Waals surface area contributed by atoms with Gasteiger partial charge in [0.05, 0.1) is 12.1 Å². The number of carbonyl (C=O) groups excluding carboxylic acids is 1. The van der Waals surface area contributed by atoms with Gasteiger partial charge in [0.1, 0.15) is 5.75 Å². The molecule has 0 aromatic heterocycles. The average molecular weight is 356 g/mol. The predicted octanol–water partition coefficient (Wildman–Crippen LogP) is 4.76. The molecule has 2 amide bonds. The fraction of sp³-hybridized carbons (Fsp3) is 0.0714. The highest BCUT2D eigenvalue weighted by Gasteiger charge is 2.06. The smallest absolute Gasteiger partial charge is 0.323 e. The summed E-state index contributed by atoms with van der Waals surface area (Å²) in [6, 6.07) is 12.0. The van der Waals surface area contributed by atoms with Crippen LogP contribution in [0.2, 0.25) is 5.02 Å². The van der Waals surface area contributed by atoms with E-state index >= 15 is 0 Å². The lowest BCUT2D eigenvalue weighted by atomic mass is 10.3. The molecular formula is C14H12BrClN2O2. The third-order valence-corrected chi connectivity index (χ3v) is 3.28. The Kier molecular flexibility index (Phi) is 4.87. The highest BCUT2D eigenvalue weighted by atomic mass is 79.9. The van der Waals surface area contributed by atoms with E-state index in [0.717, 1.165) is 4.47 Å². The molecule has 0 unspecified atom stereocenters. The molecule has 0 atom stereocenters. The van der Waals surface area contributed by atoms with Crippen LogP contribution in [0.25, 0.3) is 0 Å². The lowest BCUT2D eigenvalue weighted by Gasteiger charge is -2.09. The molecule has 0 heterocycles. The van der Waals surface area contributed by atoms with Gasteiger partial charge in [-0.05, 0) is 36.4 Å². The van der Waals surface area contributed by atoms with E-state index in [1.165, 1.54) is 7.11 Å². The van der Waals surface area contributed by atoms with Gasteiger partial charge in [-0.25, -0.2) is 4.79 Å². The van der Waals surface area contributed by atoms with Crippen molar-refractivity contribution in [1.82, 2.24) is 0 Å². The molecule has 0 radical (unpaired) electrons. The monoisotopic (exact) mass is 354 g/mol. The van der Waals surface area contributed by atoms with Crippen molar-refractivity contribution in [2.24, 2.45) is 0 Å². The van der Waals surface area contributed by atoms with Gasteiger partial charge in [-0.1, -0.05) is 33.6 Å².